The number of aromatic nitrogens is 2. The number of carbonyl (C=O) groups excluding carboxylic acids is 1. The summed E-state index contributed by atoms with van der Waals surface area (Å²) in [6, 6.07) is 0. The number of carbonyl (C=O) groups is 1. The van der Waals surface area contributed by atoms with E-state index in [1.807, 2.05) is 13.8 Å². The Balaban J connectivity index is 1.97. The van der Waals surface area contributed by atoms with Crippen molar-refractivity contribution in [1.82, 2.24) is 9.97 Å². The van der Waals surface area contributed by atoms with E-state index >= 15 is 0 Å². The maximum Gasteiger partial charge on any atom is 0.358 e. The van der Waals surface area contributed by atoms with Crippen LogP contribution < -0.4 is 4.74 Å². The van der Waals surface area contributed by atoms with Crippen molar-refractivity contribution < 1.29 is 19.0 Å². The third-order valence-corrected chi connectivity index (χ3v) is 2.96. The highest BCUT2D eigenvalue weighted by Gasteiger charge is 2.26. The molecule has 0 amide bonds. The zero-order chi connectivity index (χ0) is 13.8. The van der Waals surface area contributed by atoms with Gasteiger partial charge in [-0.05, 0) is 13.8 Å². The van der Waals surface area contributed by atoms with E-state index in [2.05, 4.69) is 14.7 Å². The third kappa shape index (κ3) is 3.64. The van der Waals surface area contributed by atoms with Crippen LogP contribution in [-0.2, 0) is 9.47 Å². The van der Waals surface area contributed by atoms with Gasteiger partial charge >= 0.3 is 5.97 Å². The first-order valence-electron chi connectivity index (χ1n) is 6.31. The Kier molecular flexibility index (Phi) is 4.31. The third-order valence-electron chi connectivity index (χ3n) is 2.96. The molecule has 0 N–H and O–H groups in total. The molecular formula is C13H18N2O4. The maximum absolute atomic E-state index is 11.2. The molecule has 2 unspecified atom stereocenters. The standard InChI is InChI=1S/C13H18N2O4/c1-8-4-10(5-9(2)18-8)19-12-7-14-11(6-15-12)13(16)17-3/h6-10H,4-5H2,1-3H3. The lowest BCUT2D eigenvalue weighted by molar-refractivity contribution is -0.0730. The fraction of sp³-hybridized carbons (Fsp3) is 0.615. The van der Waals surface area contributed by atoms with Crippen LogP contribution in [0.15, 0.2) is 12.4 Å². The van der Waals surface area contributed by atoms with Crippen LogP contribution in [0.1, 0.15) is 37.2 Å². The Morgan fingerprint density at radius 1 is 1.26 bits per heavy atom. The summed E-state index contributed by atoms with van der Waals surface area (Å²) in [5, 5.41) is 0. The number of hydrogen-bond donors (Lipinski definition) is 0. The molecule has 2 heterocycles. The first-order chi connectivity index (χ1) is 9.08. The Bertz CT molecular complexity index is 425. The number of ether oxygens (including phenoxy) is 3. The molecule has 2 atom stereocenters. The minimum atomic E-state index is -0.507. The van der Waals surface area contributed by atoms with Crippen molar-refractivity contribution in [3.8, 4) is 5.88 Å². The molecule has 0 saturated carbocycles. The van der Waals surface area contributed by atoms with Gasteiger partial charge in [0, 0.05) is 12.8 Å². The van der Waals surface area contributed by atoms with Crippen molar-refractivity contribution in [2.45, 2.75) is 45.0 Å². The molecule has 0 spiro atoms. The van der Waals surface area contributed by atoms with Crippen LogP contribution in [0.3, 0.4) is 0 Å². The molecule has 0 radical (unpaired) electrons. The molecule has 6 nitrogen and oxygen atoms in total. The Labute approximate surface area is 112 Å². The molecule has 2 rings (SSSR count). The van der Waals surface area contributed by atoms with Gasteiger partial charge in [-0.25, -0.2) is 14.8 Å². The molecular weight excluding hydrogens is 248 g/mol. The van der Waals surface area contributed by atoms with Crippen molar-refractivity contribution in [3.63, 3.8) is 0 Å². The summed E-state index contributed by atoms with van der Waals surface area (Å²) in [6.07, 6.45) is 4.86. The quantitative estimate of drug-likeness (QED) is 0.774. The van der Waals surface area contributed by atoms with Crippen LogP contribution in [-0.4, -0.2) is 41.4 Å². The number of esters is 1. The zero-order valence-corrected chi connectivity index (χ0v) is 11.3. The topological polar surface area (TPSA) is 70.5 Å². The summed E-state index contributed by atoms with van der Waals surface area (Å²) >= 11 is 0. The van der Waals surface area contributed by atoms with Gasteiger partial charge in [0.05, 0.1) is 31.7 Å². The van der Waals surface area contributed by atoms with Crippen LogP contribution in [0.25, 0.3) is 0 Å². The summed E-state index contributed by atoms with van der Waals surface area (Å²) in [4.78, 5) is 19.2. The van der Waals surface area contributed by atoms with Gasteiger partial charge in [-0.1, -0.05) is 0 Å². The van der Waals surface area contributed by atoms with E-state index in [0.29, 0.717) is 5.88 Å². The smallest absolute Gasteiger partial charge is 0.358 e. The molecule has 1 aliphatic heterocycles. The lowest BCUT2D eigenvalue weighted by atomic mass is 10.0. The average molecular weight is 266 g/mol. The minimum absolute atomic E-state index is 0.0667. The van der Waals surface area contributed by atoms with Crippen LogP contribution >= 0.6 is 0 Å². The van der Waals surface area contributed by atoms with Crippen molar-refractivity contribution in [3.05, 3.63) is 18.1 Å². The molecule has 0 aliphatic carbocycles. The maximum atomic E-state index is 11.2. The highest BCUT2D eigenvalue weighted by Crippen LogP contribution is 2.22. The minimum Gasteiger partial charge on any atom is -0.473 e. The second-order valence-electron chi connectivity index (χ2n) is 4.70. The molecule has 1 aromatic rings. The zero-order valence-electron chi connectivity index (χ0n) is 11.3. The van der Waals surface area contributed by atoms with Gasteiger partial charge in [0.1, 0.15) is 6.10 Å². The second kappa shape index (κ2) is 5.97. The first-order valence-corrected chi connectivity index (χ1v) is 6.31. The molecule has 1 aliphatic rings. The number of rotatable bonds is 3. The van der Waals surface area contributed by atoms with E-state index in [0.717, 1.165) is 12.8 Å². The van der Waals surface area contributed by atoms with E-state index in [4.69, 9.17) is 9.47 Å². The van der Waals surface area contributed by atoms with Gasteiger partial charge in [0.25, 0.3) is 0 Å². The van der Waals surface area contributed by atoms with Crippen LogP contribution in [0.5, 0.6) is 5.88 Å². The monoisotopic (exact) mass is 266 g/mol. The number of nitrogens with zero attached hydrogens (tertiary/aromatic N) is 2. The molecule has 1 saturated heterocycles. The summed E-state index contributed by atoms with van der Waals surface area (Å²) in [6.45, 7) is 4.05. The Hall–Kier alpha value is -1.69. The van der Waals surface area contributed by atoms with E-state index in [1.165, 1.54) is 19.5 Å². The van der Waals surface area contributed by atoms with Gasteiger partial charge in [0.2, 0.25) is 5.88 Å². The predicted molar refractivity (Wildman–Crippen MR) is 67.0 cm³/mol. The molecule has 19 heavy (non-hydrogen) atoms. The fourth-order valence-electron chi connectivity index (χ4n) is 2.20. The van der Waals surface area contributed by atoms with Gasteiger partial charge in [0.15, 0.2) is 5.69 Å². The molecule has 0 bridgehead atoms. The Morgan fingerprint density at radius 2 is 1.95 bits per heavy atom. The largest absolute Gasteiger partial charge is 0.473 e. The van der Waals surface area contributed by atoms with E-state index < -0.39 is 5.97 Å². The molecule has 1 fully saturated rings. The molecule has 1 aromatic heterocycles. The Morgan fingerprint density at radius 3 is 2.47 bits per heavy atom. The highest BCUT2D eigenvalue weighted by molar-refractivity contribution is 5.86. The summed E-state index contributed by atoms with van der Waals surface area (Å²) in [5.41, 5.74) is 0.170. The van der Waals surface area contributed by atoms with Crippen molar-refractivity contribution in [1.29, 1.82) is 0 Å². The normalized spacial score (nSPS) is 26.8. The van der Waals surface area contributed by atoms with Crippen LogP contribution in [0.4, 0.5) is 0 Å². The first kappa shape index (κ1) is 13.7. The predicted octanol–water partition coefficient (Wildman–Crippen LogP) is 1.60. The number of hydrogen-bond acceptors (Lipinski definition) is 6. The summed E-state index contributed by atoms with van der Waals surface area (Å²) in [7, 11) is 1.30. The van der Waals surface area contributed by atoms with Crippen molar-refractivity contribution in [2.24, 2.45) is 0 Å². The number of methoxy groups -OCH3 is 1. The van der Waals surface area contributed by atoms with E-state index in [-0.39, 0.29) is 24.0 Å². The SMILES string of the molecule is COC(=O)c1cnc(OC2CC(C)OC(C)C2)cn1. The highest BCUT2D eigenvalue weighted by atomic mass is 16.5. The molecule has 6 heteroatoms. The lowest BCUT2D eigenvalue weighted by Crippen LogP contribution is -2.35. The van der Waals surface area contributed by atoms with Crippen molar-refractivity contribution >= 4 is 5.97 Å². The summed E-state index contributed by atoms with van der Waals surface area (Å²) in [5.74, 6) is -0.0914. The fourth-order valence-corrected chi connectivity index (χ4v) is 2.20. The van der Waals surface area contributed by atoms with E-state index in [9.17, 15) is 4.79 Å². The van der Waals surface area contributed by atoms with Gasteiger partial charge in [-0.2, -0.15) is 0 Å². The molecule has 104 valence electrons. The van der Waals surface area contributed by atoms with Crippen LogP contribution in [0.2, 0.25) is 0 Å². The summed E-state index contributed by atoms with van der Waals surface area (Å²) < 4.78 is 16.0. The van der Waals surface area contributed by atoms with Gasteiger partial charge in [-0.3, -0.25) is 0 Å². The van der Waals surface area contributed by atoms with Crippen molar-refractivity contribution in [2.75, 3.05) is 7.11 Å². The second-order valence-corrected chi connectivity index (χ2v) is 4.70. The van der Waals surface area contributed by atoms with E-state index in [1.54, 1.807) is 0 Å². The van der Waals surface area contributed by atoms with Gasteiger partial charge in [-0.15, -0.1) is 0 Å². The lowest BCUT2D eigenvalue weighted by Gasteiger charge is -2.31. The average Bonchev–Trinajstić information content (AvgIpc) is 2.37. The van der Waals surface area contributed by atoms with Gasteiger partial charge < -0.3 is 14.2 Å². The molecule has 0 aromatic carbocycles. The van der Waals surface area contributed by atoms with Crippen LogP contribution in [0, 0.1) is 0 Å².